The number of benzene rings is 2. The van der Waals surface area contributed by atoms with Gasteiger partial charge in [-0.1, -0.05) is 24.3 Å². The van der Waals surface area contributed by atoms with Gasteiger partial charge in [0.1, 0.15) is 5.82 Å². The van der Waals surface area contributed by atoms with Gasteiger partial charge in [-0.05, 0) is 42.7 Å². The van der Waals surface area contributed by atoms with Gasteiger partial charge in [0.15, 0.2) is 0 Å². The molecule has 1 saturated carbocycles. The average molecular weight is 358 g/mol. The molecule has 0 atom stereocenters. The first kappa shape index (κ1) is 17.5. The van der Waals surface area contributed by atoms with Crippen molar-refractivity contribution in [3.05, 3.63) is 65.5 Å². The molecule has 2 aromatic carbocycles. The quantitative estimate of drug-likeness (QED) is 0.795. The van der Waals surface area contributed by atoms with Crippen molar-refractivity contribution in [1.29, 1.82) is 0 Å². The van der Waals surface area contributed by atoms with E-state index in [9.17, 15) is 14.0 Å². The zero-order valence-electron chi connectivity index (χ0n) is 13.6. The topological polar surface area (TPSA) is 58.2 Å². The Morgan fingerprint density at radius 3 is 2.68 bits per heavy atom. The maximum absolute atomic E-state index is 13.5. The van der Waals surface area contributed by atoms with Crippen LogP contribution in [0.25, 0.3) is 0 Å². The molecule has 130 valence electrons. The summed E-state index contributed by atoms with van der Waals surface area (Å²) < 4.78 is 13.5. The summed E-state index contributed by atoms with van der Waals surface area (Å²) in [5.74, 6) is 0.0925. The van der Waals surface area contributed by atoms with Gasteiger partial charge >= 0.3 is 0 Å². The fraction of sp³-hybridized carbons (Fsp3) is 0.263. The molecule has 0 aliphatic heterocycles. The Morgan fingerprint density at radius 2 is 1.92 bits per heavy atom. The van der Waals surface area contributed by atoms with Crippen molar-refractivity contribution in [2.75, 3.05) is 11.1 Å². The van der Waals surface area contributed by atoms with Crippen LogP contribution in [-0.4, -0.2) is 23.6 Å². The largest absolute Gasteiger partial charge is 0.349 e. The molecule has 0 unspecified atom stereocenters. The summed E-state index contributed by atoms with van der Waals surface area (Å²) in [6.07, 6.45) is 2.06. The number of thioether (sulfide) groups is 1. The van der Waals surface area contributed by atoms with Crippen LogP contribution in [0.2, 0.25) is 0 Å². The molecule has 0 bridgehead atoms. The molecule has 2 amide bonds. The van der Waals surface area contributed by atoms with Crippen molar-refractivity contribution in [3.63, 3.8) is 0 Å². The van der Waals surface area contributed by atoms with Crippen LogP contribution in [0.15, 0.2) is 48.5 Å². The number of amides is 2. The van der Waals surface area contributed by atoms with Crippen LogP contribution in [0, 0.1) is 5.82 Å². The van der Waals surface area contributed by atoms with Crippen LogP contribution < -0.4 is 10.6 Å². The van der Waals surface area contributed by atoms with Gasteiger partial charge in [0.05, 0.1) is 5.75 Å². The first-order valence-corrected chi connectivity index (χ1v) is 9.29. The molecular formula is C19H19FN2O2S. The highest BCUT2D eigenvalue weighted by atomic mass is 32.2. The summed E-state index contributed by atoms with van der Waals surface area (Å²) in [4.78, 5) is 24.1. The third-order valence-corrected chi connectivity index (χ3v) is 4.75. The minimum Gasteiger partial charge on any atom is -0.349 e. The van der Waals surface area contributed by atoms with Crippen molar-refractivity contribution in [3.8, 4) is 0 Å². The second-order valence-corrected chi connectivity index (χ2v) is 6.95. The van der Waals surface area contributed by atoms with Gasteiger partial charge in [-0.2, -0.15) is 0 Å². The lowest BCUT2D eigenvalue weighted by atomic mass is 10.2. The standard InChI is InChI=1S/C19H19FN2O2S/c20-17-7-2-1-4-14(17)11-25-12-18(23)21-16-6-3-5-13(10-16)19(24)22-15-8-9-15/h1-7,10,15H,8-9,11-12H2,(H,21,23)(H,22,24). The molecule has 0 saturated heterocycles. The van der Waals surface area contributed by atoms with Gasteiger partial charge in [0.25, 0.3) is 5.91 Å². The molecule has 0 radical (unpaired) electrons. The maximum atomic E-state index is 13.5. The molecule has 1 aliphatic carbocycles. The monoisotopic (exact) mass is 358 g/mol. The highest BCUT2D eigenvalue weighted by Gasteiger charge is 2.23. The molecule has 25 heavy (non-hydrogen) atoms. The summed E-state index contributed by atoms with van der Waals surface area (Å²) >= 11 is 1.34. The number of hydrogen-bond donors (Lipinski definition) is 2. The van der Waals surface area contributed by atoms with E-state index in [2.05, 4.69) is 10.6 Å². The van der Waals surface area contributed by atoms with E-state index in [0.29, 0.717) is 28.6 Å². The summed E-state index contributed by atoms with van der Waals surface area (Å²) in [6.45, 7) is 0. The van der Waals surface area contributed by atoms with Gasteiger partial charge < -0.3 is 10.6 Å². The Labute approximate surface area is 150 Å². The number of hydrogen-bond acceptors (Lipinski definition) is 3. The van der Waals surface area contributed by atoms with Gasteiger partial charge in [-0.3, -0.25) is 9.59 Å². The van der Waals surface area contributed by atoms with E-state index >= 15 is 0 Å². The first-order valence-electron chi connectivity index (χ1n) is 8.14. The van der Waals surface area contributed by atoms with Crippen molar-refractivity contribution >= 4 is 29.3 Å². The second kappa shape index (κ2) is 8.16. The lowest BCUT2D eigenvalue weighted by molar-refractivity contribution is -0.113. The van der Waals surface area contributed by atoms with Crippen molar-refractivity contribution < 1.29 is 14.0 Å². The average Bonchev–Trinajstić information content (AvgIpc) is 3.41. The number of halogens is 1. The Kier molecular flexibility index (Phi) is 5.71. The third kappa shape index (κ3) is 5.32. The summed E-state index contributed by atoms with van der Waals surface area (Å²) in [6, 6.07) is 13.7. The van der Waals surface area contributed by atoms with Gasteiger partial charge in [-0.15, -0.1) is 11.8 Å². The zero-order chi connectivity index (χ0) is 17.6. The SMILES string of the molecule is O=C(CSCc1ccccc1F)Nc1cccc(C(=O)NC2CC2)c1. The summed E-state index contributed by atoms with van der Waals surface area (Å²) in [7, 11) is 0. The molecule has 0 aromatic heterocycles. The lowest BCUT2D eigenvalue weighted by Crippen LogP contribution is -2.25. The van der Waals surface area contributed by atoms with Gasteiger partial charge in [-0.25, -0.2) is 4.39 Å². The Balaban J connectivity index is 1.49. The van der Waals surface area contributed by atoms with Crippen LogP contribution in [0.1, 0.15) is 28.8 Å². The predicted octanol–water partition coefficient (Wildman–Crippen LogP) is 3.59. The molecule has 2 aromatic rings. The number of rotatable bonds is 7. The van der Waals surface area contributed by atoms with Crippen LogP contribution >= 0.6 is 11.8 Å². The number of carbonyl (C=O) groups is 2. The van der Waals surface area contributed by atoms with Crippen LogP contribution in [0.3, 0.4) is 0 Å². The van der Waals surface area contributed by atoms with Crippen molar-refractivity contribution in [2.24, 2.45) is 0 Å². The van der Waals surface area contributed by atoms with E-state index in [1.165, 1.54) is 17.8 Å². The minimum absolute atomic E-state index is 0.118. The number of anilines is 1. The van der Waals surface area contributed by atoms with E-state index < -0.39 is 0 Å². The lowest BCUT2D eigenvalue weighted by Gasteiger charge is -2.08. The van der Waals surface area contributed by atoms with Crippen LogP contribution in [-0.2, 0) is 10.5 Å². The smallest absolute Gasteiger partial charge is 0.251 e. The van der Waals surface area contributed by atoms with Crippen molar-refractivity contribution in [1.82, 2.24) is 5.32 Å². The van der Waals surface area contributed by atoms with E-state index in [0.717, 1.165) is 12.8 Å². The molecular weight excluding hydrogens is 339 g/mol. The van der Waals surface area contributed by atoms with Crippen LogP contribution in [0.4, 0.5) is 10.1 Å². The van der Waals surface area contributed by atoms with Crippen molar-refractivity contribution in [2.45, 2.75) is 24.6 Å². The van der Waals surface area contributed by atoms with E-state index in [1.54, 1.807) is 42.5 Å². The number of nitrogens with one attached hydrogen (secondary N) is 2. The Morgan fingerprint density at radius 1 is 1.12 bits per heavy atom. The first-order chi connectivity index (χ1) is 12.1. The zero-order valence-corrected chi connectivity index (χ0v) is 14.4. The third-order valence-electron chi connectivity index (χ3n) is 3.77. The second-order valence-electron chi connectivity index (χ2n) is 5.96. The normalized spacial score (nSPS) is 13.3. The summed E-state index contributed by atoms with van der Waals surface area (Å²) in [5, 5.41) is 5.69. The van der Waals surface area contributed by atoms with E-state index in [-0.39, 0.29) is 23.4 Å². The number of carbonyl (C=O) groups excluding carboxylic acids is 2. The maximum Gasteiger partial charge on any atom is 0.251 e. The van der Waals surface area contributed by atoms with Gasteiger partial charge in [0.2, 0.25) is 5.91 Å². The van der Waals surface area contributed by atoms with Crippen LogP contribution in [0.5, 0.6) is 0 Å². The van der Waals surface area contributed by atoms with E-state index in [4.69, 9.17) is 0 Å². The Bertz CT molecular complexity index is 778. The fourth-order valence-electron chi connectivity index (χ4n) is 2.30. The molecule has 1 fully saturated rings. The van der Waals surface area contributed by atoms with E-state index in [1.807, 2.05) is 0 Å². The molecule has 0 heterocycles. The Hall–Kier alpha value is -2.34. The minimum atomic E-state index is -0.259. The molecule has 4 nitrogen and oxygen atoms in total. The predicted molar refractivity (Wildman–Crippen MR) is 98.1 cm³/mol. The fourth-order valence-corrected chi connectivity index (χ4v) is 3.11. The molecule has 6 heteroatoms. The highest BCUT2D eigenvalue weighted by Crippen LogP contribution is 2.20. The molecule has 3 rings (SSSR count). The molecule has 1 aliphatic rings. The highest BCUT2D eigenvalue weighted by molar-refractivity contribution is 7.99. The van der Waals surface area contributed by atoms with Gasteiger partial charge in [0, 0.05) is 23.0 Å². The molecule has 2 N–H and O–H groups in total. The molecule has 0 spiro atoms. The summed E-state index contributed by atoms with van der Waals surface area (Å²) in [5.41, 5.74) is 1.70.